The lowest BCUT2D eigenvalue weighted by molar-refractivity contribution is -0.121. The Labute approximate surface area is 191 Å². The number of rotatable bonds is 6. The molecule has 1 saturated heterocycles. The molecule has 1 fully saturated rings. The third-order valence-corrected chi connectivity index (χ3v) is 6.18. The quantitative estimate of drug-likeness (QED) is 0.503. The molecule has 4 rings (SSSR count). The lowest BCUT2D eigenvalue weighted by Crippen LogP contribution is -2.40. The summed E-state index contributed by atoms with van der Waals surface area (Å²) in [5.41, 5.74) is 3.03. The van der Waals surface area contributed by atoms with Gasteiger partial charge in [0, 0.05) is 22.3 Å². The molecule has 1 aliphatic heterocycles. The molecule has 0 radical (unpaired) electrons. The number of aromatic nitrogens is 2. The fraction of sp³-hybridized carbons (Fsp3) is 0.375. The summed E-state index contributed by atoms with van der Waals surface area (Å²) in [5.74, 6) is 1.66. The van der Waals surface area contributed by atoms with Gasteiger partial charge in [-0.2, -0.15) is 4.98 Å². The maximum atomic E-state index is 12.8. The fourth-order valence-corrected chi connectivity index (χ4v) is 4.10. The summed E-state index contributed by atoms with van der Waals surface area (Å²) in [6, 6.07) is 15.9. The number of hydrogen-bond donors (Lipinski definition) is 1. The van der Waals surface area contributed by atoms with E-state index in [0.29, 0.717) is 30.7 Å². The minimum absolute atomic E-state index is 0.0487. The van der Waals surface area contributed by atoms with Crippen molar-refractivity contribution in [2.24, 2.45) is 5.92 Å². The van der Waals surface area contributed by atoms with Gasteiger partial charge in [0.05, 0.1) is 12.5 Å². The third kappa shape index (κ3) is 5.60. The minimum Gasteiger partial charge on any atom is -0.338 e. The van der Waals surface area contributed by atoms with Crippen LogP contribution in [0.2, 0.25) is 0 Å². The van der Waals surface area contributed by atoms with Crippen molar-refractivity contribution in [3.8, 4) is 11.4 Å². The highest BCUT2D eigenvalue weighted by Crippen LogP contribution is 2.23. The first kappa shape index (κ1) is 21.7. The van der Waals surface area contributed by atoms with E-state index < -0.39 is 0 Å². The smallest absolute Gasteiger partial charge is 0.241 e. The van der Waals surface area contributed by atoms with Gasteiger partial charge in [-0.15, -0.1) is 0 Å². The maximum Gasteiger partial charge on any atom is 0.241 e. The van der Waals surface area contributed by atoms with Crippen LogP contribution in [0.4, 0.5) is 5.69 Å². The first-order valence-electron chi connectivity index (χ1n) is 10.7. The van der Waals surface area contributed by atoms with E-state index >= 15 is 0 Å². The van der Waals surface area contributed by atoms with Crippen molar-refractivity contribution >= 4 is 27.5 Å². The predicted octanol–water partition coefficient (Wildman–Crippen LogP) is 5.47. The van der Waals surface area contributed by atoms with Crippen LogP contribution in [0.25, 0.3) is 11.4 Å². The summed E-state index contributed by atoms with van der Waals surface area (Å²) in [7, 11) is 0. The van der Waals surface area contributed by atoms with Gasteiger partial charge in [-0.05, 0) is 67.3 Å². The fourth-order valence-electron chi connectivity index (χ4n) is 3.84. The zero-order chi connectivity index (χ0) is 21.8. The van der Waals surface area contributed by atoms with E-state index in [2.05, 4.69) is 62.3 Å². The Hall–Kier alpha value is -2.51. The molecule has 31 heavy (non-hydrogen) atoms. The first-order chi connectivity index (χ1) is 15.0. The van der Waals surface area contributed by atoms with Crippen molar-refractivity contribution in [3.63, 3.8) is 0 Å². The van der Waals surface area contributed by atoms with Crippen molar-refractivity contribution < 1.29 is 9.32 Å². The number of hydrogen-bond acceptors (Lipinski definition) is 5. The Kier molecular flexibility index (Phi) is 6.83. The molecule has 1 unspecified atom stereocenters. The zero-order valence-electron chi connectivity index (χ0n) is 17.8. The van der Waals surface area contributed by atoms with Gasteiger partial charge in [0.1, 0.15) is 0 Å². The Morgan fingerprint density at radius 1 is 1.19 bits per heavy atom. The minimum atomic E-state index is -0.0487. The van der Waals surface area contributed by atoms with Crippen LogP contribution >= 0.6 is 15.9 Å². The van der Waals surface area contributed by atoms with E-state index in [4.69, 9.17) is 4.52 Å². The van der Waals surface area contributed by atoms with Crippen LogP contribution in [-0.4, -0.2) is 34.0 Å². The van der Waals surface area contributed by atoms with Gasteiger partial charge in [0.25, 0.3) is 0 Å². The first-order valence-corrected chi connectivity index (χ1v) is 11.5. The summed E-state index contributed by atoms with van der Waals surface area (Å²) in [6.07, 6.45) is 1.86. The average molecular weight is 483 g/mol. The van der Waals surface area contributed by atoms with E-state index in [9.17, 15) is 4.79 Å². The second-order valence-corrected chi connectivity index (χ2v) is 9.27. The lowest BCUT2D eigenvalue weighted by Gasteiger charge is -2.30. The summed E-state index contributed by atoms with van der Waals surface area (Å²) >= 11 is 3.43. The van der Waals surface area contributed by atoms with Crippen molar-refractivity contribution in [3.05, 3.63) is 64.5 Å². The van der Waals surface area contributed by atoms with Crippen molar-refractivity contribution in [2.45, 2.75) is 39.2 Å². The van der Waals surface area contributed by atoms with Gasteiger partial charge >= 0.3 is 0 Å². The van der Waals surface area contributed by atoms with Crippen LogP contribution in [0.15, 0.2) is 57.5 Å². The van der Waals surface area contributed by atoms with E-state index in [-0.39, 0.29) is 11.8 Å². The van der Waals surface area contributed by atoms with Gasteiger partial charge in [-0.25, -0.2) is 0 Å². The number of likely N-dealkylation sites (tertiary alicyclic amines) is 1. The highest BCUT2D eigenvalue weighted by Gasteiger charge is 2.27. The Morgan fingerprint density at radius 2 is 1.94 bits per heavy atom. The Bertz CT molecular complexity index is 1010. The summed E-state index contributed by atoms with van der Waals surface area (Å²) in [4.78, 5) is 19.6. The SMILES string of the molecule is CC(C)c1ccc(NC(=O)C2CCCN(Cc3nc(-c4ccc(Br)cc4)no3)C2)cc1. The van der Waals surface area contributed by atoms with Crippen LogP contribution in [0, 0.1) is 5.92 Å². The number of amides is 1. The molecular formula is C24H27BrN4O2. The highest BCUT2D eigenvalue weighted by atomic mass is 79.9. The van der Waals surface area contributed by atoms with Crippen molar-refractivity contribution in [1.82, 2.24) is 15.0 Å². The second-order valence-electron chi connectivity index (χ2n) is 8.36. The van der Waals surface area contributed by atoms with Gasteiger partial charge in [0.2, 0.25) is 17.6 Å². The third-order valence-electron chi connectivity index (χ3n) is 5.65. The number of halogens is 1. The number of nitrogens with one attached hydrogen (secondary N) is 1. The molecule has 2 aromatic carbocycles. The number of anilines is 1. The molecule has 2 heterocycles. The monoisotopic (exact) mass is 482 g/mol. The highest BCUT2D eigenvalue weighted by molar-refractivity contribution is 9.10. The van der Waals surface area contributed by atoms with Crippen LogP contribution in [0.1, 0.15) is 44.1 Å². The largest absolute Gasteiger partial charge is 0.338 e. The summed E-state index contributed by atoms with van der Waals surface area (Å²) < 4.78 is 6.47. The maximum absolute atomic E-state index is 12.8. The van der Waals surface area contributed by atoms with Crippen LogP contribution in [0.3, 0.4) is 0 Å². The van der Waals surface area contributed by atoms with Crippen molar-refractivity contribution in [2.75, 3.05) is 18.4 Å². The Morgan fingerprint density at radius 3 is 2.65 bits per heavy atom. The topological polar surface area (TPSA) is 71.3 Å². The predicted molar refractivity (Wildman–Crippen MR) is 125 cm³/mol. The van der Waals surface area contributed by atoms with Crippen LogP contribution < -0.4 is 5.32 Å². The standard InChI is InChI=1S/C24H27BrN4O2/c1-16(2)17-7-11-21(12-8-17)26-24(30)19-4-3-13-29(14-19)15-22-27-23(28-31-22)18-5-9-20(25)10-6-18/h5-12,16,19H,3-4,13-15H2,1-2H3,(H,26,30). The van der Waals surface area contributed by atoms with Gasteiger partial charge in [-0.1, -0.05) is 47.1 Å². The molecule has 0 aliphatic carbocycles. The van der Waals surface area contributed by atoms with Gasteiger partial charge < -0.3 is 9.84 Å². The zero-order valence-corrected chi connectivity index (χ0v) is 19.4. The molecule has 1 amide bonds. The molecule has 0 saturated carbocycles. The summed E-state index contributed by atoms with van der Waals surface area (Å²) in [6.45, 7) is 6.48. The number of piperidine rings is 1. The van der Waals surface area contributed by atoms with E-state index in [1.807, 2.05) is 36.4 Å². The molecule has 1 aromatic heterocycles. The van der Waals surface area contributed by atoms with E-state index in [1.165, 1.54) is 5.56 Å². The van der Waals surface area contributed by atoms with Gasteiger partial charge in [0.15, 0.2) is 0 Å². The molecule has 1 atom stereocenters. The summed E-state index contributed by atoms with van der Waals surface area (Å²) in [5, 5.41) is 7.18. The molecule has 6 nitrogen and oxygen atoms in total. The van der Waals surface area contributed by atoms with E-state index in [1.54, 1.807) is 0 Å². The lowest BCUT2D eigenvalue weighted by atomic mass is 9.97. The average Bonchev–Trinajstić information content (AvgIpc) is 3.23. The van der Waals surface area contributed by atoms with Crippen LogP contribution in [0.5, 0.6) is 0 Å². The molecule has 0 bridgehead atoms. The molecule has 1 aliphatic rings. The normalized spacial score (nSPS) is 17.1. The molecule has 1 N–H and O–H groups in total. The van der Waals surface area contributed by atoms with Crippen LogP contribution in [-0.2, 0) is 11.3 Å². The van der Waals surface area contributed by atoms with E-state index in [0.717, 1.165) is 35.1 Å². The second kappa shape index (κ2) is 9.75. The number of carbonyl (C=O) groups excluding carboxylic acids is 1. The molecule has 3 aromatic rings. The number of benzene rings is 2. The van der Waals surface area contributed by atoms with Gasteiger partial charge in [-0.3, -0.25) is 9.69 Å². The molecule has 7 heteroatoms. The number of carbonyl (C=O) groups is 1. The molecular weight excluding hydrogens is 456 g/mol. The van der Waals surface area contributed by atoms with Crippen molar-refractivity contribution in [1.29, 1.82) is 0 Å². The Balaban J connectivity index is 1.34. The molecule has 162 valence electrons. The molecule has 0 spiro atoms. The number of nitrogens with zero attached hydrogens (tertiary/aromatic N) is 3.